The van der Waals surface area contributed by atoms with Crippen molar-refractivity contribution >= 4 is 39.4 Å². The second-order valence-electron chi connectivity index (χ2n) is 3.88. The third-order valence-electron chi connectivity index (χ3n) is 2.34. The summed E-state index contributed by atoms with van der Waals surface area (Å²) in [6.45, 7) is 2.02. The van der Waals surface area contributed by atoms with E-state index in [0.29, 0.717) is 0 Å². The molecule has 2 aromatic rings. The van der Waals surface area contributed by atoms with Crippen molar-refractivity contribution in [3.63, 3.8) is 0 Å². The van der Waals surface area contributed by atoms with Crippen LogP contribution in [-0.4, -0.2) is 17.1 Å². The van der Waals surface area contributed by atoms with Gasteiger partial charge in [-0.25, -0.2) is 5.43 Å². The minimum Gasteiger partial charge on any atom is -0.273 e. The Hall–Kier alpha value is -1.53. The van der Waals surface area contributed by atoms with Crippen molar-refractivity contribution in [1.82, 2.24) is 10.4 Å². The molecule has 98 valence electrons. The molecule has 1 amide bonds. The SMILES string of the molecule is Cc1sc(C=NNC(=O)Cc2cccnc2)cc1Br. The van der Waals surface area contributed by atoms with E-state index in [2.05, 4.69) is 31.4 Å². The largest absolute Gasteiger partial charge is 0.273 e. The van der Waals surface area contributed by atoms with Gasteiger partial charge in [-0.3, -0.25) is 9.78 Å². The second-order valence-corrected chi connectivity index (χ2v) is 6.03. The number of hydrogen-bond acceptors (Lipinski definition) is 4. The number of nitrogens with one attached hydrogen (secondary N) is 1. The maximum atomic E-state index is 11.6. The van der Waals surface area contributed by atoms with Gasteiger partial charge in [0.05, 0.1) is 12.6 Å². The highest BCUT2D eigenvalue weighted by Gasteiger charge is 2.02. The Morgan fingerprint density at radius 3 is 3.11 bits per heavy atom. The molecule has 0 spiro atoms. The molecule has 0 radical (unpaired) electrons. The average molecular weight is 338 g/mol. The second kappa shape index (κ2) is 6.58. The van der Waals surface area contributed by atoms with Gasteiger partial charge in [0, 0.05) is 26.6 Å². The molecule has 0 aliphatic heterocycles. The topological polar surface area (TPSA) is 54.4 Å². The smallest absolute Gasteiger partial charge is 0.244 e. The Kier molecular flexibility index (Phi) is 4.81. The van der Waals surface area contributed by atoms with Crippen molar-refractivity contribution in [2.45, 2.75) is 13.3 Å². The van der Waals surface area contributed by atoms with Gasteiger partial charge in [0.15, 0.2) is 0 Å². The van der Waals surface area contributed by atoms with E-state index < -0.39 is 0 Å². The summed E-state index contributed by atoms with van der Waals surface area (Å²) in [6, 6.07) is 5.63. The lowest BCUT2D eigenvalue weighted by molar-refractivity contribution is -0.120. The molecule has 0 fully saturated rings. The number of amides is 1. The first-order valence-corrected chi connectivity index (χ1v) is 7.23. The number of pyridine rings is 1. The summed E-state index contributed by atoms with van der Waals surface area (Å²) < 4.78 is 1.06. The molecule has 1 N–H and O–H groups in total. The molecule has 2 aromatic heterocycles. The first-order valence-electron chi connectivity index (χ1n) is 5.62. The lowest BCUT2D eigenvalue weighted by Gasteiger charge is -1.98. The summed E-state index contributed by atoms with van der Waals surface area (Å²) in [5, 5.41) is 3.94. The molecule has 0 unspecified atom stereocenters. The number of carbonyl (C=O) groups is 1. The summed E-state index contributed by atoms with van der Waals surface area (Å²) >= 11 is 5.05. The summed E-state index contributed by atoms with van der Waals surface area (Å²) in [5.74, 6) is -0.156. The molecule has 2 heterocycles. The normalized spacial score (nSPS) is 10.8. The van der Waals surface area contributed by atoms with Crippen LogP contribution in [0, 0.1) is 6.92 Å². The molecular weight excluding hydrogens is 326 g/mol. The van der Waals surface area contributed by atoms with Crippen LogP contribution in [0.15, 0.2) is 40.2 Å². The minimum absolute atomic E-state index is 0.156. The Morgan fingerprint density at radius 1 is 1.63 bits per heavy atom. The fourth-order valence-corrected chi connectivity index (χ4v) is 2.87. The summed E-state index contributed by atoms with van der Waals surface area (Å²) in [5.41, 5.74) is 3.37. The highest BCUT2D eigenvalue weighted by molar-refractivity contribution is 9.10. The predicted octanol–water partition coefficient (Wildman–Crippen LogP) is 2.91. The molecule has 4 nitrogen and oxygen atoms in total. The van der Waals surface area contributed by atoms with E-state index in [-0.39, 0.29) is 12.3 Å². The molecule has 0 saturated heterocycles. The predicted molar refractivity (Wildman–Crippen MR) is 80.4 cm³/mol. The van der Waals surface area contributed by atoms with Crippen LogP contribution in [-0.2, 0) is 11.2 Å². The fourth-order valence-electron chi connectivity index (χ4n) is 1.44. The van der Waals surface area contributed by atoms with Crippen LogP contribution < -0.4 is 5.43 Å². The van der Waals surface area contributed by atoms with E-state index in [4.69, 9.17) is 0 Å². The zero-order chi connectivity index (χ0) is 13.7. The van der Waals surface area contributed by atoms with E-state index >= 15 is 0 Å². The number of aromatic nitrogens is 1. The molecule has 19 heavy (non-hydrogen) atoms. The number of hydrogen-bond donors (Lipinski definition) is 1. The van der Waals surface area contributed by atoms with Crippen LogP contribution in [0.2, 0.25) is 0 Å². The number of thiophene rings is 1. The summed E-state index contributed by atoms with van der Waals surface area (Å²) in [4.78, 5) is 17.7. The number of carbonyl (C=O) groups excluding carboxylic acids is 1. The minimum atomic E-state index is -0.156. The van der Waals surface area contributed by atoms with E-state index in [0.717, 1.165) is 14.9 Å². The molecule has 0 saturated carbocycles. The van der Waals surface area contributed by atoms with Gasteiger partial charge >= 0.3 is 0 Å². The van der Waals surface area contributed by atoms with Crippen LogP contribution in [0.5, 0.6) is 0 Å². The maximum absolute atomic E-state index is 11.6. The van der Waals surface area contributed by atoms with Crippen LogP contribution in [0.4, 0.5) is 0 Å². The quantitative estimate of drug-likeness (QED) is 0.688. The highest BCUT2D eigenvalue weighted by Crippen LogP contribution is 2.24. The van der Waals surface area contributed by atoms with Gasteiger partial charge < -0.3 is 0 Å². The number of hydrazone groups is 1. The van der Waals surface area contributed by atoms with E-state index in [1.807, 2.05) is 19.1 Å². The van der Waals surface area contributed by atoms with Gasteiger partial charge in [0.1, 0.15) is 0 Å². The van der Waals surface area contributed by atoms with Gasteiger partial charge in [-0.2, -0.15) is 5.10 Å². The molecule has 6 heteroatoms. The highest BCUT2D eigenvalue weighted by atomic mass is 79.9. The van der Waals surface area contributed by atoms with Crippen molar-refractivity contribution in [3.8, 4) is 0 Å². The third-order valence-corrected chi connectivity index (χ3v) is 4.42. The third kappa shape index (κ3) is 4.25. The zero-order valence-electron chi connectivity index (χ0n) is 10.3. The van der Waals surface area contributed by atoms with Gasteiger partial charge in [-0.15, -0.1) is 11.3 Å². The lowest BCUT2D eigenvalue weighted by atomic mass is 10.2. The first kappa shape index (κ1) is 13.9. The van der Waals surface area contributed by atoms with Crippen LogP contribution in [0.25, 0.3) is 0 Å². The number of aryl methyl sites for hydroxylation is 1. The number of rotatable bonds is 4. The van der Waals surface area contributed by atoms with Crippen molar-refractivity contribution < 1.29 is 4.79 Å². The molecule has 0 bridgehead atoms. The van der Waals surface area contributed by atoms with E-state index in [1.165, 1.54) is 4.88 Å². The monoisotopic (exact) mass is 337 g/mol. The molecule has 0 atom stereocenters. The van der Waals surface area contributed by atoms with E-state index in [1.54, 1.807) is 36.0 Å². The van der Waals surface area contributed by atoms with Crippen molar-refractivity contribution in [2.75, 3.05) is 0 Å². The average Bonchev–Trinajstić information content (AvgIpc) is 2.70. The Bertz CT molecular complexity index is 576. The Labute approximate surface area is 123 Å². The molecule has 0 aromatic carbocycles. The van der Waals surface area contributed by atoms with Crippen LogP contribution >= 0.6 is 27.3 Å². The summed E-state index contributed by atoms with van der Waals surface area (Å²) in [6.07, 6.45) is 5.27. The number of halogens is 1. The maximum Gasteiger partial charge on any atom is 0.244 e. The molecule has 0 aliphatic rings. The van der Waals surface area contributed by atoms with Gasteiger partial charge in [-0.1, -0.05) is 6.07 Å². The van der Waals surface area contributed by atoms with Crippen molar-refractivity contribution in [1.29, 1.82) is 0 Å². The van der Waals surface area contributed by atoms with Gasteiger partial charge in [0.25, 0.3) is 0 Å². The first-order chi connectivity index (χ1) is 9.15. The standard InChI is InChI=1S/C13H12BrN3OS/c1-9-12(14)6-11(19-9)8-16-17-13(18)5-10-3-2-4-15-7-10/h2-4,6-8H,5H2,1H3,(H,17,18). The lowest BCUT2D eigenvalue weighted by Crippen LogP contribution is -2.19. The molecule has 2 rings (SSSR count). The van der Waals surface area contributed by atoms with Crippen LogP contribution in [0.1, 0.15) is 15.3 Å². The molecule has 0 aliphatic carbocycles. The fraction of sp³-hybridized carbons (Fsp3) is 0.154. The van der Waals surface area contributed by atoms with Gasteiger partial charge in [0.2, 0.25) is 5.91 Å². The Balaban J connectivity index is 1.87. The Morgan fingerprint density at radius 2 is 2.47 bits per heavy atom. The molecular formula is C13H12BrN3OS. The van der Waals surface area contributed by atoms with E-state index in [9.17, 15) is 4.79 Å². The number of nitrogens with zero attached hydrogens (tertiary/aromatic N) is 2. The van der Waals surface area contributed by atoms with Gasteiger partial charge in [-0.05, 0) is 40.5 Å². The van der Waals surface area contributed by atoms with Crippen molar-refractivity contribution in [2.24, 2.45) is 5.10 Å². The van der Waals surface area contributed by atoms with Crippen LogP contribution in [0.3, 0.4) is 0 Å². The zero-order valence-corrected chi connectivity index (χ0v) is 12.7. The van der Waals surface area contributed by atoms with Crippen molar-refractivity contribution in [3.05, 3.63) is 50.4 Å². The summed E-state index contributed by atoms with van der Waals surface area (Å²) in [7, 11) is 0.